The molecule has 1 aliphatic heterocycles. The van der Waals surface area contributed by atoms with Crippen LogP contribution in [0.3, 0.4) is 0 Å². The maximum absolute atomic E-state index is 13.0. The molecule has 1 fully saturated rings. The molecule has 0 saturated carbocycles. The van der Waals surface area contributed by atoms with Crippen LogP contribution in [0.2, 0.25) is 0 Å². The first-order chi connectivity index (χ1) is 16.8. The highest BCUT2D eigenvalue weighted by Gasteiger charge is 2.36. The number of thioether (sulfide) groups is 1. The molecule has 0 unspecified atom stereocenters. The van der Waals surface area contributed by atoms with E-state index in [-0.39, 0.29) is 11.4 Å². The number of carbonyl (C=O) groups excluding carboxylic acids is 3. The van der Waals surface area contributed by atoms with Gasteiger partial charge in [0.25, 0.3) is 11.1 Å². The van der Waals surface area contributed by atoms with Crippen LogP contribution in [0.25, 0.3) is 6.08 Å². The Hall–Kier alpha value is -3.52. The molecule has 0 aromatic heterocycles. The van der Waals surface area contributed by atoms with E-state index in [1.54, 1.807) is 24.3 Å². The van der Waals surface area contributed by atoms with E-state index in [2.05, 4.69) is 11.9 Å². The summed E-state index contributed by atoms with van der Waals surface area (Å²) in [5, 5.41) is 2.26. The van der Waals surface area contributed by atoms with Gasteiger partial charge in [0.15, 0.2) is 11.5 Å². The fourth-order valence-corrected chi connectivity index (χ4v) is 4.43. The molecule has 7 nitrogen and oxygen atoms in total. The molecule has 2 aromatic carbocycles. The lowest BCUT2D eigenvalue weighted by Gasteiger charge is -2.16. The molecule has 1 N–H and O–H groups in total. The van der Waals surface area contributed by atoms with Gasteiger partial charge in [0.1, 0.15) is 6.54 Å². The summed E-state index contributed by atoms with van der Waals surface area (Å²) in [4.78, 5) is 39.2. The van der Waals surface area contributed by atoms with Gasteiger partial charge in [-0.2, -0.15) is 0 Å². The van der Waals surface area contributed by atoms with Gasteiger partial charge in [-0.15, -0.1) is 6.58 Å². The summed E-state index contributed by atoms with van der Waals surface area (Å²) in [7, 11) is 0. The molecule has 1 saturated heterocycles. The fraction of sp³-hybridized carbons (Fsp3) is 0.296. The van der Waals surface area contributed by atoms with Gasteiger partial charge in [-0.3, -0.25) is 19.3 Å². The zero-order valence-corrected chi connectivity index (χ0v) is 21.3. The highest BCUT2D eigenvalue weighted by Crippen LogP contribution is 2.37. The van der Waals surface area contributed by atoms with Gasteiger partial charge in [0, 0.05) is 11.3 Å². The predicted octanol–water partition coefficient (Wildman–Crippen LogP) is 5.50. The van der Waals surface area contributed by atoms with Crippen LogP contribution in [0, 0.1) is 13.8 Å². The molecule has 0 atom stereocenters. The van der Waals surface area contributed by atoms with Crippen LogP contribution in [0.5, 0.6) is 11.5 Å². The van der Waals surface area contributed by atoms with Gasteiger partial charge in [-0.05, 0) is 92.9 Å². The highest BCUT2D eigenvalue weighted by atomic mass is 32.2. The van der Waals surface area contributed by atoms with E-state index < -0.39 is 17.1 Å². The molecule has 2 aromatic rings. The minimum atomic E-state index is -0.507. The summed E-state index contributed by atoms with van der Waals surface area (Å²) < 4.78 is 11.6. The van der Waals surface area contributed by atoms with Gasteiger partial charge in [-0.1, -0.05) is 12.1 Å². The van der Waals surface area contributed by atoms with Crippen molar-refractivity contribution in [3.63, 3.8) is 0 Å². The van der Waals surface area contributed by atoms with Gasteiger partial charge in [-0.25, -0.2) is 0 Å². The summed E-state index contributed by atoms with van der Waals surface area (Å²) >= 11 is 0.809. The Morgan fingerprint density at radius 2 is 1.83 bits per heavy atom. The van der Waals surface area contributed by atoms with Crippen molar-refractivity contribution < 1.29 is 23.9 Å². The first kappa shape index (κ1) is 26.1. The van der Waals surface area contributed by atoms with Crippen LogP contribution in [0.4, 0.5) is 10.5 Å². The smallest absolute Gasteiger partial charge is 0.294 e. The Kier molecular flexibility index (Phi) is 8.76. The number of nitrogens with one attached hydrogen (secondary N) is 1. The van der Waals surface area contributed by atoms with Gasteiger partial charge in [0.2, 0.25) is 5.91 Å². The lowest BCUT2D eigenvalue weighted by molar-refractivity contribution is -0.127. The number of ether oxygens (including phenoxy) is 2. The van der Waals surface area contributed by atoms with Crippen LogP contribution in [-0.2, 0) is 16.0 Å². The molecular weight excluding hydrogens is 464 g/mol. The number of amides is 3. The Balaban J connectivity index is 1.81. The Bertz CT molecular complexity index is 1190. The van der Waals surface area contributed by atoms with Crippen LogP contribution in [0.15, 0.2) is 47.9 Å². The molecular formula is C27H30N2O5S. The third-order valence-corrected chi connectivity index (χ3v) is 6.28. The summed E-state index contributed by atoms with van der Waals surface area (Å²) in [6, 6.07) is 9.21. The monoisotopic (exact) mass is 494 g/mol. The molecule has 3 rings (SSSR count). The normalized spacial score (nSPS) is 14.4. The number of hydrogen-bond donors (Lipinski definition) is 1. The molecule has 1 aliphatic rings. The second-order valence-electron chi connectivity index (χ2n) is 7.98. The van der Waals surface area contributed by atoms with Gasteiger partial charge >= 0.3 is 0 Å². The largest absolute Gasteiger partial charge is 0.490 e. The topological polar surface area (TPSA) is 84.9 Å². The molecule has 3 amide bonds. The first-order valence-corrected chi connectivity index (χ1v) is 12.2. The number of hydrogen-bond acceptors (Lipinski definition) is 6. The number of benzene rings is 2. The number of rotatable bonds is 10. The van der Waals surface area contributed by atoms with Crippen molar-refractivity contribution in [2.24, 2.45) is 0 Å². The van der Waals surface area contributed by atoms with E-state index in [9.17, 15) is 14.4 Å². The molecule has 0 bridgehead atoms. The van der Waals surface area contributed by atoms with Crippen molar-refractivity contribution in [2.45, 2.75) is 34.1 Å². The molecule has 8 heteroatoms. The van der Waals surface area contributed by atoms with E-state index in [0.717, 1.165) is 33.4 Å². The van der Waals surface area contributed by atoms with E-state index >= 15 is 0 Å². The van der Waals surface area contributed by atoms with Crippen molar-refractivity contribution in [1.29, 1.82) is 0 Å². The average molecular weight is 495 g/mol. The summed E-state index contributed by atoms with van der Waals surface area (Å²) in [6.07, 6.45) is 3.95. The molecule has 0 spiro atoms. The Morgan fingerprint density at radius 3 is 2.49 bits per heavy atom. The number of nitrogens with zero attached hydrogens (tertiary/aromatic N) is 1. The second-order valence-corrected chi connectivity index (χ2v) is 8.97. The number of carbonyl (C=O) groups is 3. The zero-order valence-electron chi connectivity index (χ0n) is 20.5. The predicted molar refractivity (Wildman–Crippen MR) is 140 cm³/mol. The molecule has 35 heavy (non-hydrogen) atoms. The lowest BCUT2D eigenvalue weighted by Crippen LogP contribution is -2.36. The second kappa shape index (κ2) is 11.8. The van der Waals surface area contributed by atoms with E-state index in [0.29, 0.717) is 42.4 Å². The number of aryl methyl sites for hydroxylation is 2. The Labute approximate surface area is 210 Å². The van der Waals surface area contributed by atoms with Crippen molar-refractivity contribution >= 4 is 40.6 Å². The van der Waals surface area contributed by atoms with Crippen LogP contribution >= 0.6 is 11.8 Å². The highest BCUT2D eigenvalue weighted by molar-refractivity contribution is 8.18. The third kappa shape index (κ3) is 6.33. The first-order valence-electron chi connectivity index (χ1n) is 11.4. The average Bonchev–Trinajstić information content (AvgIpc) is 3.06. The van der Waals surface area contributed by atoms with E-state index in [1.165, 1.54) is 0 Å². The minimum Gasteiger partial charge on any atom is -0.490 e. The van der Waals surface area contributed by atoms with Crippen molar-refractivity contribution in [3.05, 3.63) is 70.1 Å². The maximum atomic E-state index is 13.0. The van der Waals surface area contributed by atoms with Crippen LogP contribution in [-0.4, -0.2) is 41.7 Å². The summed E-state index contributed by atoms with van der Waals surface area (Å²) in [5.41, 5.74) is 4.32. The number of imide groups is 1. The van der Waals surface area contributed by atoms with Crippen molar-refractivity contribution in [1.82, 2.24) is 4.90 Å². The Morgan fingerprint density at radius 1 is 1.09 bits per heavy atom. The maximum Gasteiger partial charge on any atom is 0.294 e. The third-order valence-electron chi connectivity index (χ3n) is 5.37. The quantitative estimate of drug-likeness (QED) is 0.347. The summed E-state index contributed by atoms with van der Waals surface area (Å²) in [6.45, 7) is 12.1. The fourth-order valence-electron chi connectivity index (χ4n) is 3.60. The number of anilines is 1. The van der Waals surface area contributed by atoms with Crippen molar-refractivity contribution in [3.8, 4) is 11.5 Å². The number of allylic oxidation sites excluding steroid dienone is 1. The van der Waals surface area contributed by atoms with Crippen LogP contribution < -0.4 is 14.8 Å². The van der Waals surface area contributed by atoms with Crippen LogP contribution in [0.1, 0.15) is 36.1 Å². The molecule has 0 radical (unpaired) electrons. The molecule has 0 aliphatic carbocycles. The summed E-state index contributed by atoms with van der Waals surface area (Å²) in [5.74, 6) is 0.256. The van der Waals surface area contributed by atoms with Gasteiger partial charge in [0.05, 0.1) is 18.1 Å². The lowest BCUT2D eigenvalue weighted by atomic mass is 10.0. The van der Waals surface area contributed by atoms with Gasteiger partial charge < -0.3 is 14.8 Å². The van der Waals surface area contributed by atoms with Crippen molar-refractivity contribution in [2.75, 3.05) is 25.1 Å². The SMILES string of the molecule is C=CCc1cc(/C=C2/SC(=O)N(CC(=O)Nc3ccc(C)c(C)c3)C2=O)cc(OCC)c1OCC. The molecule has 1 heterocycles. The zero-order chi connectivity index (χ0) is 25.5. The van der Waals surface area contributed by atoms with E-state index in [1.807, 2.05) is 45.9 Å². The van der Waals surface area contributed by atoms with E-state index in [4.69, 9.17) is 9.47 Å². The standard InChI is InChI=1S/C27H30N2O5S/c1-6-9-20-13-19(14-22(33-7-2)25(20)34-8-3)15-23-26(31)29(27(32)35-23)16-24(30)28-21-11-10-17(4)18(5)12-21/h6,10-15H,1,7-9,16H2,2-5H3,(H,28,30)/b23-15+. The minimum absolute atomic E-state index is 0.241. The molecule has 184 valence electrons.